The van der Waals surface area contributed by atoms with Crippen molar-refractivity contribution >= 4 is 11.6 Å². The number of rotatable bonds is 5. The highest BCUT2D eigenvalue weighted by Gasteiger charge is 2.43. The Kier molecular flexibility index (Phi) is 4.33. The highest BCUT2D eigenvalue weighted by atomic mass is 16.3. The molecule has 0 aromatic heterocycles. The molecule has 1 aliphatic carbocycles. The molecule has 4 heteroatoms. The van der Waals surface area contributed by atoms with E-state index in [0.717, 1.165) is 17.7 Å². The van der Waals surface area contributed by atoms with Gasteiger partial charge in [0.15, 0.2) is 0 Å². The lowest BCUT2D eigenvalue weighted by Crippen LogP contribution is -2.37. The molecule has 1 saturated carbocycles. The van der Waals surface area contributed by atoms with Gasteiger partial charge in [0.05, 0.1) is 5.70 Å². The highest BCUT2D eigenvalue weighted by molar-refractivity contribution is 5.83. The minimum Gasteiger partial charge on any atom is -0.508 e. The van der Waals surface area contributed by atoms with Crippen LogP contribution in [0.25, 0.3) is 5.70 Å². The number of hydrazine groups is 1. The Morgan fingerprint density at radius 2 is 1.78 bits per heavy atom. The van der Waals surface area contributed by atoms with Crippen molar-refractivity contribution in [3.63, 3.8) is 0 Å². The van der Waals surface area contributed by atoms with Gasteiger partial charge in [-0.1, -0.05) is 36.4 Å². The van der Waals surface area contributed by atoms with Crippen LogP contribution >= 0.6 is 0 Å². The maximum absolute atomic E-state index is 12.3. The van der Waals surface area contributed by atoms with Gasteiger partial charge in [-0.05, 0) is 54.7 Å². The number of allylic oxidation sites excluding steroid dienone is 1. The number of hydrogen-bond acceptors (Lipinski definition) is 3. The molecule has 3 N–H and O–H groups in total. The number of hydrogen-bond donors (Lipinski definition) is 3. The van der Waals surface area contributed by atoms with Crippen molar-refractivity contribution in [2.45, 2.75) is 19.3 Å². The Morgan fingerprint density at radius 3 is 2.43 bits per heavy atom. The largest absolute Gasteiger partial charge is 0.508 e. The fourth-order valence-electron chi connectivity index (χ4n) is 2.73. The van der Waals surface area contributed by atoms with Crippen molar-refractivity contribution in [1.82, 2.24) is 10.9 Å². The Labute approximate surface area is 135 Å². The molecule has 118 valence electrons. The Balaban J connectivity index is 1.56. The van der Waals surface area contributed by atoms with Gasteiger partial charge in [-0.2, -0.15) is 0 Å². The number of nitrogens with one attached hydrogen (secondary N) is 2. The first-order valence-corrected chi connectivity index (χ1v) is 7.75. The lowest BCUT2D eigenvalue weighted by Gasteiger charge is -2.12. The summed E-state index contributed by atoms with van der Waals surface area (Å²) in [6.07, 6.45) is 2.77. The van der Waals surface area contributed by atoms with Crippen LogP contribution in [0.5, 0.6) is 5.75 Å². The normalized spacial score (nSPS) is 20.0. The second-order valence-electron chi connectivity index (χ2n) is 5.72. The van der Waals surface area contributed by atoms with E-state index < -0.39 is 0 Å². The fraction of sp³-hybridized carbons (Fsp3) is 0.211. The number of aromatic hydroxyl groups is 1. The quantitative estimate of drug-likeness (QED) is 0.744. The van der Waals surface area contributed by atoms with E-state index >= 15 is 0 Å². The Bertz CT molecular complexity index is 708. The van der Waals surface area contributed by atoms with Crippen LogP contribution in [-0.4, -0.2) is 11.0 Å². The topological polar surface area (TPSA) is 61.4 Å². The van der Waals surface area contributed by atoms with E-state index in [1.165, 1.54) is 5.56 Å². The first-order chi connectivity index (χ1) is 11.2. The molecule has 2 aromatic rings. The number of carbonyl (C=O) groups is 1. The van der Waals surface area contributed by atoms with E-state index in [0.29, 0.717) is 5.92 Å². The van der Waals surface area contributed by atoms with Crippen LogP contribution in [-0.2, 0) is 4.79 Å². The molecule has 4 nitrogen and oxygen atoms in total. The second-order valence-corrected chi connectivity index (χ2v) is 5.72. The van der Waals surface area contributed by atoms with Crippen LogP contribution in [0.3, 0.4) is 0 Å². The fourth-order valence-corrected chi connectivity index (χ4v) is 2.73. The molecule has 0 heterocycles. The summed E-state index contributed by atoms with van der Waals surface area (Å²) in [6.45, 7) is 1.89. The molecule has 0 radical (unpaired) electrons. The smallest absolute Gasteiger partial charge is 0.242 e. The third-order valence-corrected chi connectivity index (χ3v) is 4.14. The van der Waals surface area contributed by atoms with Gasteiger partial charge >= 0.3 is 0 Å². The van der Waals surface area contributed by atoms with Gasteiger partial charge in [-0.15, -0.1) is 0 Å². The zero-order chi connectivity index (χ0) is 16.2. The summed E-state index contributed by atoms with van der Waals surface area (Å²) < 4.78 is 0. The van der Waals surface area contributed by atoms with Crippen LogP contribution < -0.4 is 10.9 Å². The van der Waals surface area contributed by atoms with Gasteiger partial charge in [0.2, 0.25) is 5.91 Å². The minimum atomic E-state index is 0.0111. The van der Waals surface area contributed by atoms with E-state index in [-0.39, 0.29) is 17.6 Å². The first-order valence-electron chi connectivity index (χ1n) is 7.75. The van der Waals surface area contributed by atoms with Gasteiger partial charge in [0.25, 0.3) is 0 Å². The average molecular weight is 308 g/mol. The highest BCUT2D eigenvalue weighted by Crippen LogP contribution is 2.47. The number of benzene rings is 2. The lowest BCUT2D eigenvalue weighted by molar-refractivity contribution is -0.123. The number of amides is 1. The van der Waals surface area contributed by atoms with Gasteiger partial charge in [-0.25, -0.2) is 0 Å². The maximum atomic E-state index is 12.3. The minimum absolute atomic E-state index is 0.0111. The van der Waals surface area contributed by atoms with Crippen LogP contribution in [0.2, 0.25) is 0 Å². The molecule has 3 rings (SSSR count). The summed E-state index contributed by atoms with van der Waals surface area (Å²) >= 11 is 0. The van der Waals surface area contributed by atoms with E-state index in [4.69, 9.17) is 0 Å². The van der Waals surface area contributed by atoms with Crippen LogP contribution in [0.4, 0.5) is 0 Å². The van der Waals surface area contributed by atoms with Gasteiger partial charge < -0.3 is 5.11 Å². The average Bonchev–Trinajstić information content (AvgIpc) is 3.38. The summed E-state index contributed by atoms with van der Waals surface area (Å²) in [7, 11) is 0. The Morgan fingerprint density at radius 1 is 1.09 bits per heavy atom. The predicted octanol–water partition coefficient (Wildman–Crippen LogP) is 3.18. The summed E-state index contributed by atoms with van der Waals surface area (Å²) in [4.78, 5) is 12.3. The molecule has 0 aliphatic heterocycles. The molecule has 0 spiro atoms. The predicted molar refractivity (Wildman–Crippen MR) is 90.3 cm³/mol. The molecule has 2 aromatic carbocycles. The lowest BCUT2D eigenvalue weighted by atomic mass is 10.1. The SMILES string of the molecule is C/C=C(\NNC(=O)[C@H]1C[C@@H]1c1ccccc1)c1ccc(O)cc1. The van der Waals surface area contributed by atoms with Crippen LogP contribution in [0, 0.1) is 5.92 Å². The van der Waals surface area contributed by atoms with Crippen molar-refractivity contribution < 1.29 is 9.90 Å². The van der Waals surface area contributed by atoms with Crippen molar-refractivity contribution in [3.05, 3.63) is 71.8 Å². The summed E-state index contributed by atoms with van der Waals surface area (Å²) in [6, 6.07) is 17.0. The molecular formula is C19H20N2O2. The third-order valence-electron chi connectivity index (χ3n) is 4.14. The number of carbonyl (C=O) groups excluding carboxylic acids is 1. The molecule has 0 bridgehead atoms. The zero-order valence-corrected chi connectivity index (χ0v) is 13.0. The van der Waals surface area contributed by atoms with Crippen molar-refractivity contribution in [1.29, 1.82) is 0 Å². The third kappa shape index (κ3) is 3.54. The van der Waals surface area contributed by atoms with Crippen molar-refractivity contribution in [2.24, 2.45) is 5.92 Å². The molecule has 1 aliphatic rings. The number of phenols is 1. The molecule has 0 unspecified atom stereocenters. The molecule has 2 atom stereocenters. The standard InChI is InChI=1S/C19H20N2O2/c1-2-18(14-8-10-15(22)11-9-14)20-21-19(23)17-12-16(17)13-6-4-3-5-7-13/h2-11,16-17,20,22H,12H2,1H3,(H,21,23)/b18-2-/t16-,17+/m1/s1. The summed E-state index contributed by atoms with van der Waals surface area (Å²) in [5.41, 5.74) is 8.69. The van der Waals surface area contributed by atoms with Crippen LogP contribution in [0.15, 0.2) is 60.7 Å². The summed E-state index contributed by atoms with van der Waals surface area (Å²) in [5.74, 6) is 0.581. The molecular weight excluding hydrogens is 288 g/mol. The molecule has 1 amide bonds. The van der Waals surface area contributed by atoms with E-state index in [2.05, 4.69) is 23.0 Å². The van der Waals surface area contributed by atoms with Crippen molar-refractivity contribution in [2.75, 3.05) is 0 Å². The molecule has 23 heavy (non-hydrogen) atoms. The van der Waals surface area contributed by atoms with E-state index in [1.807, 2.05) is 31.2 Å². The van der Waals surface area contributed by atoms with E-state index in [1.54, 1.807) is 24.3 Å². The second kappa shape index (κ2) is 6.57. The van der Waals surface area contributed by atoms with E-state index in [9.17, 15) is 9.90 Å². The van der Waals surface area contributed by atoms with Crippen molar-refractivity contribution in [3.8, 4) is 5.75 Å². The first kappa shape index (κ1) is 15.2. The monoisotopic (exact) mass is 308 g/mol. The molecule has 1 fully saturated rings. The summed E-state index contributed by atoms with van der Waals surface area (Å²) in [5, 5.41) is 9.34. The van der Waals surface area contributed by atoms with Gasteiger partial charge in [-0.3, -0.25) is 15.6 Å². The zero-order valence-electron chi connectivity index (χ0n) is 13.0. The van der Waals surface area contributed by atoms with Crippen LogP contribution in [0.1, 0.15) is 30.4 Å². The van der Waals surface area contributed by atoms with Gasteiger partial charge in [0, 0.05) is 5.92 Å². The Hall–Kier alpha value is -2.75. The maximum Gasteiger partial charge on any atom is 0.242 e. The number of phenolic OH excluding ortho intramolecular Hbond substituents is 1. The van der Waals surface area contributed by atoms with Gasteiger partial charge in [0.1, 0.15) is 5.75 Å². The molecule has 0 saturated heterocycles.